The van der Waals surface area contributed by atoms with Crippen molar-refractivity contribution in [2.24, 2.45) is 0 Å². The normalized spacial score (nSPS) is 13.1. The van der Waals surface area contributed by atoms with E-state index in [0.29, 0.717) is 22.3 Å². The molecule has 10 heteroatoms. The van der Waals surface area contributed by atoms with Gasteiger partial charge in [-0.05, 0) is 52.7 Å². The number of amides is 1. The SMILES string of the molecule is [B]c1ccc(-c2csc(NC(=O)CSc3nc4c(c(=O)n3CCCN(C)C)CCCC4)n2)cc1. The highest BCUT2D eigenvalue weighted by atomic mass is 32.2. The summed E-state index contributed by atoms with van der Waals surface area (Å²) in [4.78, 5) is 37.3. The fourth-order valence-corrected chi connectivity index (χ4v) is 5.50. The molecule has 1 aliphatic carbocycles. The third kappa shape index (κ3) is 6.17. The van der Waals surface area contributed by atoms with Crippen LogP contribution < -0.4 is 16.3 Å². The van der Waals surface area contributed by atoms with Crippen LogP contribution in [-0.2, 0) is 24.2 Å². The molecule has 0 saturated carbocycles. The first kappa shape index (κ1) is 24.7. The van der Waals surface area contributed by atoms with Gasteiger partial charge >= 0.3 is 0 Å². The molecule has 176 valence electrons. The van der Waals surface area contributed by atoms with E-state index in [0.717, 1.165) is 61.2 Å². The lowest BCUT2D eigenvalue weighted by Crippen LogP contribution is -2.31. The summed E-state index contributed by atoms with van der Waals surface area (Å²) in [6.07, 6.45) is 4.55. The Hall–Kier alpha value is -2.43. The van der Waals surface area contributed by atoms with Crippen molar-refractivity contribution in [3.05, 3.63) is 51.3 Å². The van der Waals surface area contributed by atoms with Gasteiger partial charge in [-0.3, -0.25) is 14.2 Å². The summed E-state index contributed by atoms with van der Waals surface area (Å²) in [5, 5.41) is 5.94. The van der Waals surface area contributed by atoms with Crippen LogP contribution in [0.25, 0.3) is 11.3 Å². The smallest absolute Gasteiger partial charge is 0.257 e. The van der Waals surface area contributed by atoms with Gasteiger partial charge in [0.25, 0.3) is 5.56 Å². The van der Waals surface area contributed by atoms with Crippen LogP contribution in [0.4, 0.5) is 5.13 Å². The lowest BCUT2D eigenvalue weighted by atomic mass is 9.95. The van der Waals surface area contributed by atoms with Gasteiger partial charge in [0.15, 0.2) is 10.3 Å². The fraction of sp³-hybridized carbons (Fsp3) is 0.417. The second-order valence-corrected chi connectivity index (χ2v) is 10.4. The van der Waals surface area contributed by atoms with Gasteiger partial charge in [0.2, 0.25) is 5.91 Å². The molecular formula is C24H28BN5O2S2. The van der Waals surface area contributed by atoms with Crippen LogP contribution in [0.3, 0.4) is 0 Å². The number of carbonyl (C=O) groups excluding carboxylic acids is 1. The standard InChI is InChI=1S/C24H28BN5O2S2/c1-29(2)12-5-13-30-22(32)18-6-3-4-7-19(18)27-24(30)34-15-21(31)28-23-26-20(14-33-23)16-8-10-17(25)11-9-16/h8-11,14H,3-7,12-13,15H2,1-2H3,(H,26,28,31). The van der Waals surface area contributed by atoms with Gasteiger partial charge < -0.3 is 10.2 Å². The lowest BCUT2D eigenvalue weighted by Gasteiger charge is -2.20. The maximum Gasteiger partial charge on any atom is 0.257 e. The summed E-state index contributed by atoms with van der Waals surface area (Å²) in [7, 11) is 9.79. The molecule has 2 aromatic heterocycles. The van der Waals surface area contributed by atoms with Crippen LogP contribution in [0.5, 0.6) is 0 Å². The van der Waals surface area contributed by atoms with Crippen LogP contribution in [0, 0.1) is 0 Å². The van der Waals surface area contributed by atoms with E-state index in [4.69, 9.17) is 12.8 Å². The summed E-state index contributed by atoms with van der Waals surface area (Å²) in [5.74, 6) is -0.00889. The zero-order valence-corrected chi connectivity index (χ0v) is 21.2. The van der Waals surface area contributed by atoms with Crippen LogP contribution in [0.2, 0.25) is 0 Å². The van der Waals surface area contributed by atoms with E-state index in [-0.39, 0.29) is 17.2 Å². The first-order valence-corrected chi connectivity index (χ1v) is 13.3. The molecule has 0 spiro atoms. The zero-order valence-electron chi connectivity index (χ0n) is 19.5. The summed E-state index contributed by atoms with van der Waals surface area (Å²) in [6, 6.07) is 7.47. The molecule has 2 radical (unpaired) electrons. The Balaban J connectivity index is 1.44. The molecule has 7 nitrogen and oxygen atoms in total. The van der Waals surface area contributed by atoms with Gasteiger partial charge in [0.1, 0.15) is 7.85 Å². The van der Waals surface area contributed by atoms with E-state index in [1.165, 1.54) is 23.1 Å². The second kappa shape index (κ2) is 11.3. The van der Waals surface area contributed by atoms with Crippen molar-refractivity contribution in [1.29, 1.82) is 0 Å². The van der Waals surface area contributed by atoms with Gasteiger partial charge in [-0.25, -0.2) is 9.97 Å². The molecule has 34 heavy (non-hydrogen) atoms. The highest BCUT2D eigenvalue weighted by molar-refractivity contribution is 7.99. The number of benzene rings is 1. The molecule has 0 saturated heterocycles. The van der Waals surface area contributed by atoms with Crippen molar-refractivity contribution in [3.63, 3.8) is 0 Å². The third-order valence-corrected chi connectivity index (χ3v) is 7.41. The number of nitrogens with zero attached hydrogens (tertiary/aromatic N) is 4. The molecule has 1 amide bonds. The van der Waals surface area contributed by atoms with Crippen molar-refractivity contribution in [3.8, 4) is 11.3 Å². The predicted molar refractivity (Wildman–Crippen MR) is 141 cm³/mol. The molecule has 1 N–H and O–H groups in total. The molecule has 1 aliphatic rings. The fourth-order valence-electron chi connectivity index (χ4n) is 3.92. The van der Waals surface area contributed by atoms with Crippen LogP contribution in [-0.4, -0.2) is 59.6 Å². The minimum atomic E-state index is -0.171. The molecule has 0 fully saturated rings. The summed E-state index contributed by atoms with van der Waals surface area (Å²) < 4.78 is 1.76. The number of anilines is 1. The Bertz CT molecular complexity index is 1210. The van der Waals surface area contributed by atoms with Gasteiger partial charge in [-0.15, -0.1) is 11.3 Å². The van der Waals surface area contributed by atoms with Crippen molar-refractivity contribution < 1.29 is 4.79 Å². The molecule has 0 unspecified atom stereocenters. The second-order valence-electron chi connectivity index (χ2n) is 8.64. The Morgan fingerprint density at radius 2 is 1.97 bits per heavy atom. The van der Waals surface area contributed by atoms with Crippen LogP contribution in [0.15, 0.2) is 39.6 Å². The van der Waals surface area contributed by atoms with E-state index in [9.17, 15) is 9.59 Å². The summed E-state index contributed by atoms with van der Waals surface area (Å²) >= 11 is 2.69. The average molecular weight is 493 g/mol. The predicted octanol–water partition coefficient (Wildman–Crippen LogP) is 2.72. The molecule has 0 atom stereocenters. The summed E-state index contributed by atoms with van der Waals surface area (Å²) in [5.41, 5.74) is 4.23. The number of carbonyl (C=O) groups is 1. The number of aromatic nitrogens is 3. The van der Waals surface area contributed by atoms with E-state index in [1.807, 2.05) is 43.7 Å². The number of rotatable bonds is 9. The van der Waals surface area contributed by atoms with Crippen LogP contribution >= 0.6 is 23.1 Å². The molecular weight excluding hydrogens is 465 g/mol. The van der Waals surface area contributed by atoms with Gasteiger partial charge in [-0.1, -0.05) is 41.5 Å². The lowest BCUT2D eigenvalue weighted by molar-refractivity contribution is -0.113. The topological polar surface area (TPSA) is 80.1 Å². The Morgan fingerprint density at radius 3 is 2.74 bits per heavy atom. The molecule has 0 bridgehead atoms. The molecule has 2 heterocycles. The minimum Gasteiger partial charge on any atom is -0.309 e. The number of thiazole rings is 1. The highest BCUT2D eigenvalue weighted by Crippen LogP contribution is 2.25. The van der Waals surface area contributed by atoms with Gasteiger partial charge in [0, 0.05) is 23.1 Å². The molecule has 3 aromatic rings. The van der Waals surface area contributed by atoms with Crippen molar-refractivity contribution in [2.45, 2.75) is 43.8 Å². The van der Waals surface area contributed by atoms with Crippen LogP contribution in [0.1, 0.15) is 30.5 Å². The van der Waals surface area contributed by atoms with Gasteiger partial charge in [-0.2, -0.15) is 0 Å². The van der Waals surface area contributed by atoms with E-state index < -0.39 is 0 Å². The first-order valence-electron chi connectivity index (χ1n) is 11.4. The average Bonchev–Trinajstić information content (AvgIpc) is 3.28. The zero-order chi connectivity index (χ0) is 24.1. The van der Waals surface area contributed by atoms with Gasteiger partial charge in [0.05, 0.1) is 17.1 Å². The number of hydrogen-bond acceptors (Lipinski definition) is 7. The summed E-state index contributed by atoms with van der Waals surface area (Å²) in [6.45, 7) is 1.48. The largest absolute Gasteiger partial charge is 0.309 e. The number of hydrogen-bond donors (Lipinski definition) is 1. The van der Waals surface area contributed by atoms with Crippen molar-refractivity contribution in [1.82, 2.24) is 19.4 Å². The molecule has 0 aliphatic heterocycles. The first-order chi connectivity index (χ1) is 16.4. The molecule has 4 rings (SSSR count). The third-order valence-electron chi connectivity index (χ3n) is 5.68. The van der Waals surface area contributed by atoms with E-state index in [1.54, 1.807) is 4.57 Å². The monoisotopic (exact) mass is 493 g/mol. The van der Waals surface area contributed by atoms with E-state index in [2.05, 4.69) is 15.2 Å². The Morgan fingerprint density at radius 1 is 1.21 bits per heavy atom. The Labute approximate surface area is 209 Å². The Kier molecular flexibility index (Phi) is 8.23. The number of aryl methyl sites for hydroxylation is 1. The number of fused-ring (bicyclic) bond motifs is 1. The maximum atomic E-state index is 13.2. The maximum absolute atomic E-state index is 13.2. The van der Waals surface area contributed by atoms with Crippen molar-refractivity contribution in [2.75, 3.05) is 31.7 Å². The highest BCUT2D eigenvalue weighted by Gasteiger charge is 2.20. The molecule has 1 aromatic carbocycles. The van der Waals surface area contributed by atoms with Crippen molar-refractivity contribution >= 4 is 47.4 Å². The quantitative estimate of drug-likeness (QED) is 0.281. The number of thioether (sulfide) groups is 1. The minimum absolute atomic E-state index is 0.0550. The number of nitrogens with one attached hydrogen (secondary N) is 1. The van der Waals surface area contributed by atoms with E-state index >= 15 is 0 Å².